The molecule has 3 rings (SSSR count). The van der Waals surface area contributed by atoms with E-state index in [1.165, 1.54) is 28.8 Å². The van der Waals surface area contributed by atoms with Crippen LogP contribution in [0.4, 0.5) is 0 Å². The zero-order chi connectivity index (χ0) is 19.2. The number of carboxylic acids is 2. The van der Waals surface area contributed by atoms with Crippen LogP contribution in [0, 0.1) is 0 Å². The van der Waals surface area contributed by atoms with Crippen LogP contribution in [0.2, 0.25) is 0 Å². The average molecular weight is 419 g/mol. The number of β-lactam (4-membered cyclic amide) rings is 1. The van der Waals surface area contributed by atoms with Crippen molar-refractivity contribution >= 4 is 35.5 Å². The smallest absolute Gasteiger partial charge is 1.00 e. The molecule has 2 aliphatic heterocycles. The van der Waals surface area contributed by atoms with Gasteiger partial charge in [-0.05, 0) is 19.4 Å². The normalized spacial score (nSPS) is 26.2. The van der Waals surface area contributed by atoms with Gasteiger partial charge in [-0.1, -0.05) is 30.3 Å². The molecule has 0 aliphatic carbocycles. The first-order valence-corrected chi connectivity index (χ1v) is 8.84. The minimum atomic E-state index is -1.44. The number of benzene rings is 1. The number of fused-ring (bicyclic) bond motifs is 1. The molecular formula is C17H19KN2O6S. The summed E-state index contributed by atoms with van der Waals surface area (Å²) in [4.78, 5) is 49.2. The summed E-state index contributed by atoms with van der Waals surface area (Å²) < 4.78 is -0.711. The molecule has 2 fully saturated rings. The maximum absolute atomic E-state index is 12.5. The maximum atomic E-state index is 12.5. The van der Waals surface area contributed by atoms with Gasteiger partial charge in [0, 0.05) is 4.75 Å². The van der Waals surface area contributed by atoms with Crippen LogP contribution in [0.5, 0.6) is 0 Å². The van der Waals surface area contributed by atoms with Gasteiger partial charge >= 0.3 is 63.3 Å². The molecule has 2 saturated heterocycles. The van der Waals surface area contributed by atoms with Crippen LogP contribution in [-0.2, 0) is 19.2 Å². The summed E-state index contributed by atoms with van der Waals surface area (Å²) >= 11 is 1.29. The number of aliphatic carboxylic acids is 2. The second-order valence-corrected chi connectivity index (χ2v) is 8.54. The molecular weight excluding hydrogens is 399 g/mol. The predicted octanol–water partition coefficient (Wildman–Crippen LogP) is -2.40. The van der Waals surface area contributed by atoms with Crippen molar-refractivity contribution in [1.29, 1.82) is 0 Å². The Kier molecular flexibility index (Phi) is 6.81. The first-order chi connectivity index (χ1) is 12.1. The number of nitrogens with zero attached hydrogens (tertiary/aromatic N) is 1. The van der Waals surface area contributed by atoms with Crippen molar-refractivity contribution in [3.8, 4) is 0 Å². The summed E-state index contributed by atoms with van der Waals surface area (Å²) in [5.41, 5.74) is 0.309. The van der Waals surface area contributed by atoms with Crippen molar-refractivity contribution in [1.82, 2.24) is 10.2 Å². The molecule has 1 unspecified atom stereocenters. The average Bonchev–Trinajstić information content (AvgIpc) is 2.82. The van der Waals surface area contributed by atoms with Gasteiger partial charge in [-0.25, -0.2) is 4.79 Å². The molecule has 2 amide bonds. The van der Waals surface area contributed by atoms with Crippen molar-refractivity contribution in [2.75, 3.05) is 0 Å². The Hall–Kier alpha value is -0.914. The van der Waals surface area contributed by atoms with E-state index in [9.17, 15) is 29.4 Å². The second kappa shape index (κ2) is 8.22. The Morgan fingerprint density at radius 2 is 1.81 bits per heavy atom. The van der Waals surface area contributed by atoms with E-state index < -0.39 is 51.9 Å². The Morgan fingerprint density at radius 3 is 2.33 bits per heavy atom. The summed E-state index contributed by atoms with van der Waals surface area (Å²) in [6, 6.07) is 6.10. The topological polar surface area (TPSA) is 124 Å². The molecule has 2 aliphatic rings. The van der Waals surface area contributed by atoms with Crippen molar-refractivity contribution in [2.45, 2.75) is 42.0 Å². The number of hydrogen-bond donors (Lipinski definition) is 3. The monoisotopic (exact) mass is 418 g/mol. The minimum absolute atomic E-state index is 0. The number of carbonyl (C=O) groups is 4. The summed E-state index contributed by atoms with van der Waals surface area (Å²) in [5, 5.41) is 20.8. The Labute approximate surface area is 204 Å². The van der Waals surface area contributed by atoms with Gasteiger partial charge in [-0.2, -0.15) is 0 Å². The summed E-state index contributed by atoms with van der Waals surface area (Å²) in [6.45, 7) is 3.45. The van der Waals surface area contributed by atoms with Crippen LogP contribution in [0.1, 0.15) is 26.8 Å². The minimum Gasteiger partial charge on any atom is -1.00 e. The number of nitrogens with one attached hydrogen (secondary N) is 1. The van der Waals surface area contributed by atoms with Gasteiger partial charge in [0.1, 0.15) is 17.5 Å². The number of hydrogen-bond acceptors (Lipinski definition) is 5. The van der Waals surface area contributed by atoms with Crippen LogP contribution in [0.15, 0.2) is 30.3 Å². The number of carboxylic acid groups (broad SMARTS) is 2. The molecule has 1 aromatic rings. The number of amides is 2. The van der Waals surface area contributed by atoms with E-state index in [4.69, 9.17) is 0 Å². The van der Waals surface area contributed by atoms with Crippen LogP contribution < -0.4 is 56.7 Å². The number of thioether (sulfide) groups is 1. The molecule has 2 heterocycles. The molecule has 3 N–H and O–H groups in total. The van der Waals surface area contributed by atoms with E-state index in [1.54, 1.807) is 32.0 Å². The molecule has 0 saturated carbocycles. The van der Waals surface area contributed by atoms with E-state index in [0.29, 0.717) is 5.56 Å². The molecule has 140 valence electrons. The van der Waals surface area contributed by atoms with Gasteiger partial charge in [0.05, 0.1) is 0 Å². The van der Waals surface area contributed by atoms with E-state index in [0.717, 1.165) is 0 Å². The molecule has 0 radical (unpaired) electrons. The fourth-order valence-corrected chi connectivity index (χ4v) is 5.06. The summed E-state index contributed by atoms with van der Waals surface area (Å²) in [5.74, 6) is -5.16. The van der Waals surface area contributed by atoms with E-state index in [1.807, 2.05) is 0 Å². The van der Waals surface area contributed by atoms with Gasteiger partial charge in [0.25, 0.3) is 0 Å². The maximum Gasteiger partial charge on any atom is 1.00 e. The van der Waals surface area contributed by atoms with Gasteiger partial charge in [-0.3, -0.25) is 14.4 Å². The van der Waals surface area contributed by atoms with E-state index >= 15 is 0 Å². The van der Waals surface area contributed by atoms with Gasteiger partial charge in [0.2, 0.25) is 11.8 Å². The van der Waals surface area contributed by atoms with Crippen LogP contribution in [0.25, 0.3) is 0 Å². The molecule has 4 atom stereocenters. The second-order valence-electron chi connectivity index (χ2n) is 6.77. The molecule has 8 nitrogen and oxygen atoms in total. The standard InChI is InChI=1S/C17H18N2O6S.K.H/c1-17(2)11(16(24)25)19-13(21)10(14(19)26-17)18-12(20)9(15(22)23)8-6-4-3-5-7-8;;/h3-7,9-11,14H,1-2H3,(H,18,20)(H,22,23)(H,24,25);;/q;+1;-1/t9?,10-,11+,14-;;/m1../s1. The van der Waals surface area contributed by atoms with Crippen molar-refractivity contribution in [3.63, 3.8) is 0 Å². The summed E-state index contributed by atoms with van der Waals surface area (Å²) in [6.07, 6.45) is 0. The third kappa shape index (κ3) is 3.96. The molecule has 0 spiro atoms. The quantitative estimate of drug-likeness (QED) is 0.277. The van der Waals surface area contributed by atoms with Crippen LogP contribution in [0.3, 0.4) is 0 Å². The fourth-order valence-electron chi connectivity index (χ4n) is 3.43. The van der Waals surface area contributed by atoms with Gasteiger partial charge in [-0.15, -0.1) is 11.8 Å². The number of carbonyl (C=O) groups excluding carboxylic acids is 2. The molecule has 0 bridgehead atoms. The van der Waals surface area contributed by atoms with E-state index in [2.05, 4.69) is 5.32 Å². The Morgan fingerprint density at radius 1 is 1.22 bits per heavy atom. The van der Waals surface area contributed by atoms with E-state index in [-0.39, 0.29) is 52.8 Å². The molecule has 27 heavy (non-hydrogen) atoms. The third-order valence-electron chi connectivity index (χ3n) is 4.61. The zero-order valence-corrected chi connectivity index (χ0v) is 19.0. The Balaban J connectivity index is 0.00000196. The van der Waals surface area contributed by atoms with Gasteiger partial charge < -0.3 is 21.9 Å². The van der Waals surface area contributed by atoms with Crippen molar-refractivity contribution in [2.24, 2.45) is 0 Å². The summed E-state index contributed by atoms with van der Waals surface area (Å²) in [7, 11) is 0. The van der Waals surface area contributed by atoms with Gasteiger partial charge in [0.15, 0.2) is 5.92 Å². The third-order valence-corrected chi connectivity index (χ3v) is 6.19. The van der Waals surface area contributed by atoms with Crippen molar-refractivity contribution in [3.05, 3.63) is 35.9 Å². The molecule has 10 heteroatoms. The number of rotatable bonds is 5. The molecule has 0 aromatic heterocycles. The SMILES string of the molecule is CC1(C)S[C@@H]2[C@H](NC(=O)C(C(=O)O)c3ccccc3)C(=O)N2[C@H]1C(=O)O.[H-].[K+]. The zero-order valence-electron chi connectivity index (χ0n) is 16.1. The van der Waals surface area contributed by atoms with Crippen LogP contribution in [-0.4, -0.2) is 61.1 Å². The largest absolute Gasteiger partial charge is 1.00 e. The fraction of sp³-hybridized carbons (Fsp3) is 0.412. The first kappa shape index (κ1) is 22.4. The molecule has 1 aromatic carbocycles. The first-order valence-electron chi connectivity index (χ1n) is 7.96. The van der Waals surface area contributed by atoms with Crippen LogP contribution >= 0.6 is 11.8 Å². The Bertz CT molecular complexity index is 793. The van der Waals surface area contributed by atoms with Crippen molar-refractivity contribution < 1.29 is 82.2 Å². The predicted molar refractivity (Wildman–Crippen MR) is 93.6 cm³/mol.